The molecule has 0 atom stereocenters. The number of nitrogens with one attached hydrogen (secondary N) is 2. The van der Waals surface area contributed by atoms with Gasteiger partial charge in [-0.1, -0.05) is 12.6 Å². The number of aromatic nitrogens is 2. The number of anilines is 3. The number of nitrogens with zero attached hydrogens (tertiary/aromatic N) is 2. The monoisotopic (exact) mass is 524 g/mol. The first-order valence-electron chi connectivity index (χ1n) is 11.2. The van der Waals surface area contributed by atoms with Crippen LogP contribution in [0.15, 0.2) is 72.6 Å². The zero-order valence-electron chi connectivity index (χ0n) is 19.8. The van der Waals surface area contributed by atoms with E-state index in [1.807, 2.05) is 11.4 Å². The Hall–Kier alpha value is -3.56. The number of carbonyl (C=O) groups is 1. The van der Waals surface area contributed by atoms with Gasteiger partial charge in [0.1, 0.15) is 10.4 Å². The fourth-order valence-corrected chi connectivity index (χ4v) is 5.61. The fourth-order valence-electron chi connectivity index (χ4n) is 3.29. The van der Waals surface area contributed by atoms with Gasteiger partial charge in [-0.15, -0.1) is 11.3 Å². The highest BCUT2D eigenvalue weighted by Crippen LogP contribution is 2.46. The van der Waals surface area contributed by atoms with E-state index >= 15 is 0 Å². The number of hydrogen-bond donors (Lipinski definition) is 2. The molecule has 2 aromatic heterocycles. The Bertz CT molecular complexity index is 1410. The van der Waals surface area contributed by atoms with Crippen LogP contribution in [0.1, 0.15) is 13.8 Å². The molecule has 0 aliphatic rings. The van der Waals surface area contributed by atoms with Crippen molar-refractivity contribution >= 4 is 57.7 Å². The Morgan fingerprint density at radius 2 is 1.81 bits per heavy atom. The number of carbonyl (C=O) groups excluding carboxylic acids is 1. The Morgan fingerprint density at radius 3 is 2.50 bits per heavy atom. The molecule has 0 fully saturated rings. The number of rotatable bonds is 11. The summed E-state index contributed by atoms with van der Waals surface area (Å²) < 4.78 is 30.7. The van der Waals surface area contributed by atoms with E-state index in [0.717, 1.165) is 10.2 Å². The van der Waals surface area contributed by atoms with Gasteiger partial charge in [0.05, 0.1) is 24.0 Å². The molecular formula is C25H25N4O5PS. The molecule has 4 rings (SSSR count). The molecule has 0 spiro atoms. The van der Waals surface area contributed by atoms with E-state index in [2.05, 4.69) is 27.2 Å². The molecule has 186 valence electrons. The van der Waals surface area contributed by atoms with Crippen molar-refractivity contribution in [2.45, 2.75) is 13.8 Å². The van der Waals surface area contributed by atoms with E-state index in [4.69, 9.17) is 13.8 Å². The van der Waals surface area contributed by atoms with Gasteiger partial charge in [-0.2, -0.15) is 4.98 Å². The zero-order valence-corrected chi connectivity index (χ0v) is 21.5. The summed E-state index contributed by atoms with van der Waals surface area (Å²) in [4.78, 5) is 20.7. The van der Waals surface area contributed by atoms with Gasteiger partial charge in [-0.05, 0) is 67.8 Å². The molecule has 0 saturated heterocycles. The van der Waals surface area contributed by atoms with Crippen LogP contribution in [-0.2, 0) is 18.4 Å². The number of ether oxygens (including phenoxy) is 1. The van der Waals surface area contributed by atoms with Crippen molar-refractivity contribution in [1.82, 2.24) is 9.97 Å². The van der Waals surface area contributed by atoms with Gasteiger partial charge in [0, 0.05) is 17.4 Å². The van der Waals surface area contributed by atoms with Crippen molar-refractivity contribution in [2.75, 3.05) is 23.8 Å². The van der Waals surface area contributed by atoms with E-state index < -0.39 is 7.60 Å². The second kappa shape index (κ2) is 11.5. The molecule has 2 heterocycles. The summed E-state index contributed by atoms with van der Waals surface area (Å²) in [6.07, 6.45) is 1.20. The Labute approximate surface area is 212 Å². The average Bonchev–Trinajstić information content (AvgIpc) is 3.34. The predicted octanol–water partition coefficient (Wildman–Crippen LogP) is 6.24. The normalized spacial score (nSPS) is 11.3. The molecule has 4 aromatic rings. The number of fused-ring (bicyclic) bond motifs is 1. The van der Waals surface area contributed by atoms with Gasteiger partial charge in [-0.25, -0.2) is 4.98 Å². The Morgan fingerprint density at radius 1 is 1.06 bits per heavy atom. The van der Waals surface area contributed by atoms with Crippen molar-refractivity contribution in [3.05, 3.63) is 72.6 Å². The maximum absolute atomic E-state index is 13.0. The van der Waals surface area contributed by atoms with Crippen molar-refractivity contribution in [2.24, 2.45) is 0 Å². The maximum Gasteiger partial charge on any atom is 0.361 e. The SMILES string of the molecule is C=CC(=O)Nc1cccc(Oc2nc(Nc3ccc(P(=O)(OCC)OCC)cc3)nc3ccsc23)c1. The van der Waals surface area contributed by atoms with Crippen molar-refractivity contribution in [1.29, 1.82) is 0 Å². The van der Waals surface area contributed by atoms with Crippen molar-refractivity contribution < 1.29 is 23.1 Å². The molecular weight excluding hydrogens is 499 g/mol. The molecule has 0 radical (unpaired) electrons. The first kappa shape index (κ1) is 25.5. The highest BCUT2D eigenvalue weighted by molar-refractivity contribution is 7.62. The Kier molecular flexibility index (Phi) is 8.12. The van der Waals surface area contributed by atoms with Crippen LogP contribution >= 0.6 is 18.9 Å². The smallest absolute Gasteiger partial charge is 0.361 e. The van der Waals surface area contributed by atoms with Crippen LogP contribution in [0.25, 0.3) is 10.2 Å². The second-order valence-corrected chi connectivity index (χ2v) is 10.3. The third-order valence-corrected chi connectivity index (χ3v) is 7.83. The number of hydrogen-bond acceptors (Lipinski definition) is 9. The number of amides is 1. The van der Waals surface area contributed by atoms with Crippen LogP contribution in [0.4, 0.5) is 17.3 Å². The van der Waals surface area contributed by atoms with E-state index in [1.54, 1.807) is 62.4 Å². The van der Waals surface area contributed by atoms with Gasteiger partial charge in [0.2, 0.25) is 17.7 Å². The molecule has 0 bridgehead atoms. The lowest BCUT2D eigenvalue weighted by molar-refractivity contribution is -0.111. The van der Waals surface area contributed by atoms with Crippen LogP contribution in [0.3, 0.4) is 0 Å². The third kappa shape index (κ3) is 5.98. The van der Waals surface area contributed by atoms with E-state index in [0.29, 0.717) is 34.3 Å². The first-order valence-corrected chi connectivity index (χ1v) is 13.6. The minimum absolute atomic E-state index is 0.276. The minimum atomic E-state index is -3.37. The Balaban J connectivity index is 1.58. The molecule has 1 amide bonds. The standard InChI is InChI=1S/C25H25N4O5PS/c1-4-22(30)26-18-8-7-9-19(16-18)34-24-23-21(14-15-36-23)28-25(29-24)27-17-10-12-20(13-11-17)35(31,32-5-2)33-6-3/h4,7-16H,1,5-6H2,2-3H3,(H,26,30)(H,27,28,29). The van der Waals surface area contributed by atoms with Gasteiger partial charge < -0.3 is 24.4 Å². The summed E-state index contributed by atoms with van der Waals surface area (Å²) in [5.41, 5.74) is 1.98. The summed E-state index contributed by atoms with van der Waals surface area (Å²) in [5.74, 6) is 0.894. The van der Waals surface area contributed by atoms with Crippen LogP contribution < -0.4 is 20.7 Å². The van der Waals surface area contributed by atoms with Crippen LogP contribution in [0.2, 0.25) is 0 Å². The van der Waals surface area contributed by atoms with Gasteiger partial charge >= 0.3 is 7.60 Å². The summed E-state index contributed by atoms with van der Waals surface area (Å²) in [5, 5.41) is 8.25. The molecule has 36 heavy (non-hydrogen) atoms. The predicted molar refractivity (Wildman–Crippen MR) is 143 cm³/mol. The van der Waals surface area contributed by atoms with E-state index in [9.17, 15) is 9.36 Å². The first-order chi connectivity index (χ1) is 17.4. The van der Waals surface area contributed by atoms with Crippen LogP contribution in [0.5, 0.6) is 11.6 Å². The van der Waals surface area contributed by atoms with Gasteiger partial charge in [0.15, 0.2) is 0 Å². The summed E-state index contributed by atoms with van der Waals surface area (Å²) in [7, 11) is -3.37. The van der Waals surface area contributed by atoms with Gasteiger partial charge in [-0.3, -0.25) is 9.36 Å². The molecule has 0 unspecified atom stereocenters. The lowest BCUT2D eigenvalue weighted by atomic mass is 10.3. The highest BCUT2D eigenvalue weighted by Gasteiger charge is 2.26. The van der Waals surface area contributed by atoms with E-state index in [-0.39, 0.29) is 19.1 Å². The summed E-state index contributed by atoms with van der Waals surface area (Å²) in [6, 6.07) is 15.8. The third-order valence-electron chi connectivity index (χ3n) is 4.81. The summed E-state index contributed by atoms with van der Waals surface area (Å²) in [6.45, 7) is 7.55. The molecule has 0 aliphatic carbocycles. The molecule has 9 nitrogen and oxygen atoms in total. The average molecular weight is 525 g/mol. The topological polar surface area (TPSA) is 112 Å². The molecule has 11 heteroatoms. The lowest BCUT2D eigenvalue weighted by Gasteiger charge is -2.17. The largest absolute Gasteiger partial charge is 0.437 e. The van der Waals surface area contributed by atoms with E-state index in [1.165, 1.54) is 17.4 Å². The minimum Gasteiger partial charge on any atom is -0.437 e. The molecule has 2 aromatic carbocycles. The molecule has 2 N–H and O–H groups in total. The molecule has 0 saturated carbocycles. The van der Waals surface area contributed by atoms with Gasteiger partial charge in [0.25, 0.3) is 0 Å². The van der Waals surface area contributed by atoms with Crippen molar-refractivity contribution in [3.8, 4) is 11.6 Å². The quantitative estimate of drug-likeness (QED) is 0.175. The highest BCUT2D eigenvalue weighted by atomic mass is 32.1. The van der Waals surface area contributed by atoms with Crippen molar-refractivity contribution in [3.63, 3.8) is 0 Å². The molecule has 0 aliphatic heterocycles. The second-order valence-electron chi connectivity index (χ2n) is 7.32. The number of thiophene rings is 1. The fraction of sp³-hybridized carbons (Fsp3) is 0.160. The number of benzene rings is 2. The summed E-state index contributed by atoms with van der Waals surface area (Å²) >= 11 is 1.46. The maximum atomic E-state index is 13.0. The van der Waals surface area contributed by atoms with Crippen LogP contribution in [0, 0.1) is 0 Å². The lowest BCUT2D eigenvalue weighted by Crippen LogP contribution is -2.10. The zero-order chi connectivity index (χ0) is 25.5. The van der Waals surface area contributed by atoms with Crippen LogP contribution in [-0.4, -0.2) is 29.1 Å².